The molecule has 2 heterocycles. The molecule has 1 aliphatic carbocycles. The monoisotopic (exact) mass is 357 g/mol. The van der Waals surface area contributed by atoms with Gasteiger partial charge < -0.3 is 9.67 Å². The van der Waals surface area contributed by atoms with Gasteiger partial charge in [0.05, 0.1) is 18.6 Å². The summed E-state index contributed by atoms with van der Waals surface area (Å²) < 4.78 is 29.3. The predicted octanol–water partition coefficient (Wildman–Crippen LogP) is 2.11. The quantitative estimate of drug-likeness (QED) is 0.779. The van der Waals surface area contributed by atoms with Crippen LogP contribution in [0.5, 0.6) is 0 Å². The second kappa shape index (κ2) is 5.86. The van der Waals surface area contributed by atoms with E-state index in [-0.39, 0.29) is 11.6 Å². The lowest BCUT2D eigenvalue weighted by atomic mass is 10.0. The Hall–Kier alpha value is -2.38. The molecule has 0 aliphatic heterocycles. The van der Waals surface area contributed by atoms with Crippen molar-refractivity contribution < 1.29 is 13.5 Å². The normalized spacial score (nSPS) is 14.0. The number of aryl methyl sites for hydroxylation is 2. The van der Waals surface area contributed by atoms with Crippen molar-refractivity contribution in [3.05, 3.63) is 59.7 Å². The summed E-state index contributed by atoms with van der Waals surface area (Å²) in [5, 5.41) is 9.76. The first-order valence-corrected chi connectivity index (χ1v) is 9.62. The van der Waals surface area contributed by atoms with Crippen molar-refractivity contribution in [3.8, 4) is 11.3 Å². The Morgan fingerprint density at radius 2 is 2.00 bits per heavy atom. The van der Waals surface area contributed by atoms with Gasteiger partial charge in [0.2, 0.25) is 0 Å². The molecule has 4 rings (SSSR count). The Kier molecular flexibility index (Phi) is 3.77. The molecule has 0 atom stereocenters. The van der Waals surface area contributed by atoms with E-state index in [9.17, 15) is 13.5 Å². The molecule has 0 fully saturated rings. The lowest BCUT2D eigenvalue weighted by molar-refractivity contribution is 0.281. The molecule has 7 heteroatoms. The van der Waals surface area contributed by atoms with Crippen LogP contribution in [0.3, 0.4) is 0 Å². The van der Waals surface area contributed by atoms with E-state index < -0.39 is 10.0 Å². The first-order chi connectivity index (χ1) is 12.0. The van der Waals surface area contributed by atoms with Crippen LogP contribution in [0.4, 0.5) is 0 Å². The van der Waals surface area contributed by atoms with Crippen LogP contribution in [0.25, 0.3) is 11.3 Å². The van der Waals surface area contributed by atoms with E-state index in [0.717, 1.165) is 36.0 Å². The first-order valence-electron chi connectivity index (χ1n) is 8.18. The Balaban J connectivity index is 2.03. The number of hydrogen-bond acceptors (Lipinski definition) is 4. The van der Waals surface area contributed by atoms with E-state index in [1.165, 1.54) is 22.7 Å². The highest BCUT2D eigenvalue weighted by Gasteiger charge is 2.29. The maximum absolute atomic E-state index is 13.2. The molecule has 1 aliphatic rings. The van der Waals surface area contributed by atoms with Crippen molar-refractivity contribution >= 4 is 10.0 Å². The zero-order valence-corrected chi connectivity index (χ0v) is 14.7. The number of imidazole rings is 1. The standard InChI is InChI=1S/C18H19N3O3S/c1-20-10-17(19-12-20)25(23,24)21-9-14(11-22)16-8-4-6-13-5-2-3-7-15(13)18(16)21/h2-3,5,7,9-10,12,22H,4,6,8,11H2,1H3. The Bertz CT molecular complexity index is 1050. The van der Waals surface area contributed by atoms with Crippen molar-refractivity contribution in [2.75, 3.05) is 0 Å². The molecule has 0 unspecified atom stereocenters. The summed E-state index contributed by atoms with van der Waals surface area (Å²) in [5.41, 5.74) is 4.26. The summed E-state index contributed by atoms with van der Waals surface area (Å²) in [4.78, 5) is 4.02. The molecule has 0 radical (unpaired) electrons. The average Bonchev–Trinajstić information content (AvgIpc) is 3.15. The zero-order valence-electron chi connectivity index (χ0n) is 13.9. The first kappa shape index (κ1) is 16.1. The highest BCUT2D eigenvalue weighted by atomic mass is 32.2. The van der Waals surface area contributed by atoms with Crippen LogP contribution < -0.4 is 0 Å². The highest BCUT2D eigenvalue weighted by Crippen LogP contribution is 2.37. The molecular weight excluding hydrogens is 338 g/mol. The SMILES string of the molecule is Cn1cnc(S(=O)(=O)n2cc(CO)c3c2-c2ccccc2CCC3)c1. The molecular formula is C18H19N3O3S. The molecule has 1 aromatic carbocycles. The second-order valence-corrected chi connectivity index (χ2v) is 8.09. The number of aliphatic hydroxyl groups excluding tert-OH is 1. The van der Waals surface area contributed by atoms with Crippen LogP contribution in [0, 0.1) is 0 Å². The third kappa shape index (κ3) is 2.51. The minimum absolute atomic E-state index is 0.000909. The number of aliphatic hydroxyl groups is 1. The number of benzene rings is 1. The predicted molar refractivity (Wildman–Crippen MR) is 93.6 cm³/mol. The third-order valence-electron chi connectivity index (χ3n) is 4.69. The maximum atomic E-state index is 13.2. The number of rotatable bonds is 3. The fourth-order valence-corrected chi connectivity index (χ4v) is 4.90. The van der Waals surface area contributed by atoms with Gasteiger partial charge >= 0.3 is 0 Å². The number of hydrogen-bond donors (Lipinski definition) is 1. The van der Waals surface area contributed by atoms with Gasteiger partial charge in [0.1, 0.15) is 0 Å². The van der Waals surface area contributed by atoms with E-state index in [1.807, 2.05) is 24.3 Å². The number of fused-ring (bicyclic) bond motifs is 3. The van der Waals surface area contributed by atoms with E-state index in [2.05, 4.69) is 4.98 Å². The van der Waals surface area contributed by atoms with Gasteiger partial charge in [0.25, 0.3) is 10.0 Å². The second-order valence-electron chi connectivity index (χ2n) is 6.33. The van der Waals surface area contributed by atoms with Crippen LogP contribution in [-0.4, -0.2) is 27.0 Å². The molecule has 130 valence electrons. The Morgan fingerprint density at radius 3 is 2.72 bits per heavy atom. The molecule has 0 spiro atoms. The maximum Gasteiger partial charge on any atom is 0.287 e. The van der Waals surface area contributed by atoms with Crippen molar-refractivity contribution in [3.63, 3.8) is 0 Å². The highest BCUT2D eigenvalue weighted by molar-refractivity contribution is 7.90. The van der Waals surface area contributed by atoms with Gasteiger partial charge in [-0.2, -0.15) is 8.42 Å². The lowest BCUT2D eigenvalue weighted by Gasteiger charge is -2.12. The smallest absolute Gasteiger partial charge is 0.287 e. The molecule has 0 bridgehead atoms. The van der Waals surface area contributed by atoms with E-state index >= 15 is 0 Å². The summed E-state index contributed by atoms with van der Waals surface area (Å²) >= 11 is 0. The van der Waals surface area contributed by atoms with Crippen LogP contribution in [0.15, 0.2) is 48.0 Å². The van der Waals surface area contributed by atoms with Crippen molar-refractivity contribution in [1.29, 1.82) is 0 Å². The fraction of sp³-hybridized carbons (Fsp3) is 0.278. The summed E-state index contributed by atoms with van der Waals surface area (Å²) in [6.45, 7) is -0.185. The van der Waals surface area contributed by atoms with Gasteiger partial charge in [-0.1, -0.05) is 24.3 Å². The Morgan fingerprint density at radius 1 is 1.20 bits per heavy atom. The molecule has 2 aromatic heterocycles. The number of aromatic nitrogens is 3. The van der Waals surface area contributed by atoms with Gasteiger partial charge in [-0.25, -0.2) is 8.96 Å². The van der Waals surface area contributed by atoms with E-state index in [4.69, 9.17) is 0 Å². The van der Waals surface area contributed by atoms with Gasteiger partial charge in [0, 0.05) is 30.6 Å². The van der Waals surface area contributed by atoms with Gasteiger partial charge in [-0.05, 0) is 30.4 Å². The van der Waals surface area contributed by atoms with E-state index in [1.54, 1.807) is 11.6 Å². The van der Waals surface area contributed by atoms with Crippen molar-refractivity contribution in [2.45, 2.75) is 30.9 Å². The summed E-state index contributed by atoms with van der Waals surface area (Å²) in [7, 11) is -2.10. The molecule has 0 saturated carbocycles. The van der Waals surface area contributed by atoms with Gasteiger partial charge in [-0.3, -0.25) is 0 Å². The number of nitrogens with zero attached hydrogens (tertiary/aromatic N) is 3. The largest absolute Gasteiger partial charge is 0.392 e. The topological polar surface area (TPSA) is 77.1 Å². The zero-order chi connectivity index (χ0) is 17.6. The van der Waals surface area contributed by atoms with Crippen LogP contribution in [0.1, 0.15) is 23.1 Å². The van der Waals surface area contributed by atoms with Crippen LogP contribution in [-0.2, 0) is 36.5 Å². The summed E-state index contributed by atoms with van der Waals surface area (Å²) in [6, 6.07) is 7.87. The molecule has 25 heavy (non-hydrogen) atoms. The lowest BCUT2D eigenvalue weighted by Crippen LogP contribution is -2.14. The summed E-state index contributed by atoms with van der Waals surface area (Å²) in [6.07, 6.45) is 7.05. The van der Waals surface area contributed by atoms with Gasteiger partial charge in [0.15, 0.2) is 5.03 Å². The molecule has 0 saturated heterocycles. The third-order valence-corrected chi connectivity index (χ3v) is 6.23. The molecule has 6 nitrogen and oxygen atoms in total. The van der Waals surface area contributed by atoms with Crippen molar-refractivity contribution in [1.82, 2.24) is 13.5 Å². The van der Waals surface area contributed by atoms with Gasteiger partial charge in [-0.15, -0.1) is 0 Å². The average molecular weight is 357 g/mol. The molecule has 0 amide bonds. The minimum atomic E-state index is -3.83. The molecule has 3 aromatic rings. The summed E-state index contributed by atoms with van der Waals surface area (Å²) in [5.74, 6) is 0. The van der Waals surface area contributed by atoms with Crippen LogP contribution in [0.2, 0.25) is 0 Å². The van der Waals surface area contributed by atoms with Crippen molar-refractivity contribution in [2.24, 2.45) is 7.05 Å². The van der Waals surface area contributed by atoms with Crippen LogP contribution >= 0.6 is 0 Å². The minimum Gasteiger partial charge on any atom is -0.392 e. The van der Waals surface area contributed by atoms with E-state index in [0.29, 0.717) is 11.3 Å². The Labute approximate surface area is 146 Å². The fourth-order valence-electron chi connectivity index (χ4n) is 3.50. The molecule has 1 N–H and O–H groups in total.